The van der Waals surface area contributed by atoms with E-state index in [0.29, 0.717) is 0 Å². The van der Waals surface area contributed by atoms with Crippen LogP contribution in [0.5, 0.6) is 5.75 Å². The third-order valence-electron chi connectivity index (χ3n) is 2.56. The number of ether oxygens (including phenoxy) is 1. The van der Waals surface area contributed by atoms with Gasteiger partial charge in [0.2, 0.25) is 0 Å². The second-order valence-corrected chi connectivity index (χ2v) is 5.61. The molecule has 2 rings (SSSR count). The van der Waals surface area contributed by atoms with Gasteiger partial charge in [0.1, 0.15) is 17.5 Å². The summed E-state index contributed by atoms with van der Waals surface area (Å²) in [7, 11) is -0.810. The zero-order valence-corrected chi connectivity index (χ0v) is 11.7. The van der Waals surface area contributed by atoms with Crippen LogP contribution in [0.1, 0.15) is 5.56 Å². The number of sulfonamides is 1. The maximum absolute atomic E-state index is 12.2. The fourth-order valence-corrected chi connectivity index (χ4v) is 2.69. The van der Waals surface area contributed by atoms with Crippen LogP contribution < -0.4 is 9.46 Å². The standard InChI is InChI=1S/C12H12N4O3S/c1-16-7-11(14-8-16)20(17,18)15-12-9(6-13)4-3-5-10(12)19-2/h3-5,7-8,15H,1-2H3. The topological polar surface area (TPSA) is 97.0 Å². The Morgan fingerprint density at radius 3 is 2.75 bits per heavy atom. The molecule has 0 aliphatic heterocycles. The molecule has 0 aliphatic rings. The Bertz CT molecular complexity index is 774. The van der Waals surface area contributed by atoms with Crippen molar-refractivity contribution in [3.63, 3.8) is 0 Å². The molecule has 0 aliphatic carbocycles. The highest BCUT2D eigenvalue weighted by atomic mass is 32.2. The lowest BCUT2D eigenvalue weighted by Crippen LogP contribution is -2.15. The molecule has 1 N–H and O–H groups in total. The third kappa shape index (κ3) is 2.57. The van der Waals surface area contributed by atoms with Crippen LogP contribution in [0.3, 0.4) is 0 Å². The van der Waals surface area contributed by atoms with Crippen molar-refractivity contribution in [2.75, 3.05) is 11.8 Å². The molecule has 0 bridgehead atoms. The van der Waals surface area contributed by atoms with E-state index in [1.165, 1.54) is 30.3 Å². The highest BCUT2D eigenvalue weighted by Crippen LogP contribution is 2.29. The van der Waals surface area contributed by atoms with Crippen LogP contribution >= 0.6 is 0 Å². The molecule has 1 heterocycles. The molecule has 0 amide bonds. The lowest BCUT2D eigenvalue weighted by molar-refractivity contribution is 0.416. The quantitative estimate of drug-likeness (QED) is 0.910. The molecule has 1 aromatic heterocycles. The minimum atomic E-state index is -3.87. The molecule has 7 nitrogen and oxygen atoms in total. The van der Waals surface area contributed by atoms with Gasteiger partial charge in [0.25, 0.3) is 10.0 Å². The summed E-state index contributed by atoms with van der Waals surface area (Å²) in [6.07, 6.45) is 2.74. The van der Waals surface area contributed by atoms with Gasteiger partial charge in [0, 0.05) is 13.2 Å². The highest BCUT2D eigenvalue weighted by Gasteiger charge is 2.21. The maximum Gasteiger partial charge on any atom is 0.281 e. The number of rotatable bonds is 4. The zero-order valence-electron chi connectivity index (χ0n) is 10.9. The van der Waals surface area contributed by atoms with Gasteiger partial charge in [0.05, 0.1) is 19.0 Å². The Labute approximate surface area is 116 Å². The molecule has 20 heavy (non-hydrogen) atoms. The van der Waals surface area contributed by atoms with E-state index in [1.807, 2.05) is 6.07 Å². The Morgan fingerprint density at radius 2 is 2.20 bits per heavy atom. The van der Waals surface area contributed by atoms with Crippen molar-refractivity contribution in [2.24, 2.45) is 7.05 Å². The molecular weight excluding hydrogens is 280 g/mol. The number of para-hydroxylation sites is 1. The first-order valence-corrected chi connectivity index (χ1v) is 7.04. The van der Waals surface area contributed by atoms with Gasteiger partial charge in [-0.2, -0.15) is 13.7 Å². The van der Waals surface area contributed by atoms with Crippen molar-refractivity contribution in [1.82, 2.24) is 9.55 Å². The summed E-state index contributed by atoms with van der Waals surface area (Å²) in [6.45, 7) is 0. The lowest BCUT2D eigenvalue weighted by atomic mass is 10.2. The van der Waals surface area contributed by atoms with Crippen molar-refractivity contribution >= 4 is 15.7 Å². The van der Waals surface area contributed by atoms with Gasteiger partial charge >= 0.3 is 0 Å². The van der Waals surface area contributed by atoms with Crippen LogP contribution in [0.4, 0.5) is 5.69 Å². The van der Waals surface area contributed by atoms with E-state index in [2.05, 4.69) is 9.71 Å². The van der Waals surface area contributed by atoms with E-state index in [9.17, 15) is 8.42 Å². The number of aryl methyl sites for hydroxylation is 1. The minimum absolute atomic E-state index is 0.100. The number of aromatic nitrogens is 2. The Balaban J connectivity index is 2.47. The van der Waals surface area contributed by atoms with E-state index >= 15 is 0 Å². The number of anilines is 1. The van der Waals surface area contributed by atoms with Gasteiger partial charge in [-0.05, 0) is 12.1 Å². The summed E-state index contributed by atoms with van der Waals surface area (Å²) in [4.78, 5) is 3.78. The number of hydrogen-bond acceptors (Lipinski definition) is 5. The van der Waals surface area contributed by atoms with Gasteiger partial charge < -0.3 is 9.30 Å². The normalized spacial score (nSPS) is 10.8. The monoisotopic (exact) mass is 292 g/mol. The molecule has 0 saturated carbocycles. The van der Waals surface area contributed by atoms with Gasteiger partial charge in [-0.1, -0.05) is 6.07 Å². The summed E-state index contributed by atoms with van der Waals surface area (Å²) in [6, 6.07) is 6.59. The van der Waals surface area contributed by atoms with Gasteiger partial charge in [0.15, 0.2) is 5.03 Å². The van der Waals surface area contributed by atoms with Crippen LogP contribution in [0.25, 0.3) is 0 Å². The Kier molecular flexibility index (Phi) is 3.63. The lowest BCUT2D eigenvalue weighted by Gasteiger charge is -2.11. The maximum atomic E-state index is 12.2. The SMILES string of the molecule is COc1cccc(C#N)c1NS(=O)(=O)c1cn(C)cn1. The predicted molar refractivity (Wildman–Crippen MR) is 71.7 cm³/mol. The van der Waals surface area contributed by atoms with E-state index in [4.69, 9.17) is 10.00 Å². The van der Waals surface area contributed by atoms with Crippen LogP contribution in [0, 0.1) is 11.3 Å². The first-order valence-electron chi connectivity index (χ1n) is 5.56. The van der Waals surface area contributed by atoms with Crippen LogP contribution in [0.15, 0.2) is 35.7 Å². The molecule has 0 radical (unpaired) electrons. The van der Waals surface area contributed by atoms with E-state index in [0.717, 1.165) is 0 Å². The average molecular weight is 292 g/mol. The van der Waals surface area contributed by atoms with Crippen molar-refractivity contribution in [2.45, 2.75) is 5.03 Å². The fourth-order valence-electron chi connectivity index (χ4n) is 1.61. The zero-order chi connectivity index (χ0) is 14.8. The summed E-state index contributed by atoms with van der Waals surface area (Å²) in [5.41, 5.74) is 0.270. The summed E-state index contributed by atoms with van der Waals surface area (Å²) >= 11 is 0. The van der Waals surface area contributed by atoms with E-state index in [1.54, 1.807) is 19.2 Å². The van der Waals surface area contributed by atoms with Crippen molar-refractivity contribution in [1.29, 1.82) is 5.26 Å². The van der Waals surface area contributed by atoms with Gasteiger partial charge in [-0.25, -0.2) is 4.98 Å². The number of imidazole rings is 1. The third-order valence-corrected chi connectivity index (χ3v) is 3.79. The van der Waals surface area contributed by atoms with Gasteiger partial charge in [-0.3, -0.25) is 4.72 Å². The predicted octanol–water partition coefficient (Wildman–Crippen LogP) is 1.10. The first kappa shape index (κ1) is 13.9. The second kappa shape index (κ2) is 5.22. The largest absolute Gasteiger partial charge is 0.495 e. The summed E-state index contributed by atoms with van der Waals surface area (Å²) in [5, 5.41) is 8.92. The Hall–Kier alpha value is -2.53. The summed E-state index contributed by atoms with van der Waals surface area (Å²) in [5.74, 6) is 0.267. The molecule has 8 heteroatoms. The van der Waals surface area contributed by atoms with Crippen LogP contribution in [-0.4, -0.2) is 25.1 Å². The molecule has 0 saturated heterocycles. The number of nitrogens with zero attached hydrogens (tertiary/aromatic N) is 3. The highest BCUT2D eigenvalue weighted by molar-refractivity contribution is 7.92. The molecule has 1 aromatic carbocycles. The van der Waals surface area contributed by atoms with Crippen LogP contribution in [-0.2, 0) is 17.1 Å². The second-order valence-electron chi connectivity index (χ2n) is 3.98. The number of benzene rings is 1. The molecule has 0 unspecified atom stereocenters. The van der Waals surface area contributed by atoms with Crippen LogP contribution in [0.2, 0.25) is 0 Å². The van der Waals surface area contributed by atoms with Crippen molar-refractivity contribution in [3.8, 4) is 11.8 Å². The van der Waals surface area contributed by atoms with Crippen molar-refractivity contribution < 1.29 is 13.2 Å². The number of nitriles is 1. The summed E-state index contributed by atoms with van der Waals surface area (Å²) < 4.78 is 33.3. The van der Waals surface area contributed by atoms with Crippen molar-refractivity contribution in [3.05, 3.63) is 36.3 Å². The molecule has 0 spiro atoms. The fraction of sp³-hybridized carbons (Fsp3) is 0.167. The minimum Gasteiger partial charge on any atom is -0.495 e. The molecular formula is C12H12N4O3S. The number of hydrogen-bond donors (Lipinski definition) is 1. The first-order chi connectivity index (χ1) is 9.47. The number of methoxy groups -OCH3 is 1. The molecule has 104 valence electrons. The number of nitrogens with one attached hydrogen (secondary N) is 1. The molecule has 0 fully saturated rings. The van der Waals surface area contributed by atoms with E-state index < -0.39 is 10.0 Å². The smallest absolute Gasteiger partial charge is 0.281 e. The molecule has 2 aromatic rings. The van der Waals surface area contributed by atoms with E-state index in [-0.39, 0.29) is 22.0 Å². The Morgan fingerprint density at radius 1 is 1.45 bits per heavy atom. The van der Waals surface area contributed by atoms with Gasteiger partial charge in [-0.15, -0.1) is 0 Å². The average Bonchev–Trinajstić information content (AvgIpc) is 2.86. The molecule has 0 atom stereocenters.